The number of hydrogen-bond donors (Lipinski definition) is 0. The molecular formula is C19H16N2O5. The first-order valence-electron chi connectivity index (χ1n) is 7.99. The molecule has 3 rings (SSSR count). The van der Waals surface area contributed by atoms with Crippen LogP contribution in [0.25, 0.3) is 6.08 Å². The second kappa shape index (κ2) is 6.79. The smallest absolute Gasteiger partial charge is 0.274 e. The van der Waals surface area contributed by atoms with E-state index in [1.54, 1.807) is 19.1 Å². The molecule has 0 aromatic heterocycles. The molecule has 1 atom stereocenters. The summed E-state index contributed by atoms with van der Waals surface area (Å²) in [6.07, 6.45) is 2.84. The molecule has 1 heterocycles. The third-order valence-corrected chi connectivity index (χ3v) is 4.00. The van der Waals surface area contributed by atoms with Gasteiger partial charge in [0.2, 0.25) is 0 Å². The molecule has 0 N–H and O–H groups in total. The van der Waals surface area contributed by atoms with Crippen molar-refractivity contribution in [3.63, 3.8) is 0 Å². The Morgan fingerprint density at radius 1 is 1.23 bits per heavy atom. The predicted molar refractivity (Wildman–Crippen MR) is 96.2 cm³/mol. The van der Waals surface area contributed by atoms with E-state index in [0.29, 0.717) is 11.4 Å². The second-order valence-electron chi connectivity index (χ2n) is 5.74. The highest BCUT2D eigenvalue weighted by Crippen LogP contribution is 2.38. The molecule has 0 spiro atoms. The summed E-state index contributed by atoms with van der Waals surface area (Å²) < 4.78 is 5.71. The number of hydrogen-bond acceptors (Lipinski definition) is 5. The van der Waals surface area contributed by atoms with Gasteiger partial charge in [0.15, 0.2) is 11.9 Å². The number of para-hydroxylation sites is 1. The van der Waals surface area contributed by atoms with E-state index < -0.39 is 22.8 Å². The zero-order chi connectivity index (χ0) is 18.8. The number of fused-ring (bicyclic) bond motifs is 1. The average molecular weight is 352 g/mol. The number of non-ortho nitro benzene ring substituents is 1. The quantitative estimate of drug-likeness (QED) is 0.478. The van der Waals surface area contributed by atoms with E-state index in [4.69, 9.17) is 4.74 Å². The topological polar surface area (TPSA) is 89.8 Å². The molecule has 0 saturated heterocycles. The number of allylic oxidation sites excluding steroid dienone is 1. The molecule has 0 bridgehead atoms. The average Bonchev–Trinajstić information content (AvgIpc) is 2.63. The summed E-state index contributed by atoms with van der Waals surface area (Å²) in [4.78, 5) is 36.8. The van der Waals surface area contributed by atoms with Gasteiger partial charge >= 0.3 is 0 Å². The van der Waals surface area contributed by atoms with Gasteiger partial charge in [-0.3, -0.25) is 19.7 Å². The number of carbonyl (C=O) groups excluding carboxylic acids is 2. The molecule has 1 aliphatic rings. The summed E-state index contributed by atoms with van der Waals surface area (Å²) in [7, 11) is 0. The van der Waals surface area contributed by atoms with Crippen molar-refractivity contribution < 1.29 is 19.2 Å². The third-order valence-electron chi connectivity index (χ3n) is 4.00. The zero-order valence-electron chi connectivity index (χ0n) is 14.2. The number of ether oxygens (including phenoxy) is 1. The zero-order valence-corrected chi connectivity index (χ0v) is 14.2. The first-order valence-corrected chi connectivity index (χ1v) is 7.99. The highest BCUT2D eigenvalue weighted by atomic mass is 16.6. The van der Waals surface area contributed by atoms with Crippen molar-refractivity contribution in [2.45, 2.75) is 20.0 Å². The molecule has 2 aromatic rings. The molecule has 0 radical (unpaired) electrons. The van der Waals surface area contributed by atoms with Crippen molar-refractivity contribution in [3.05, 3.63) is 69.8 Å². The van der Waals surface area contributed by atoms with Gasteiger partial charge in [0.25, 0.3) is 17.5 Å². The summed E-state index contributed by atoms with van der Waals surface area (Å²) in [5.74, 6) is -0.592. The van der Waals surface area contributed by atoms with Crippen molar-refractivity contribution in [2.75, 3.05) is 4.90 Å². The van der Waals surface area contributed by atoms with E-state index in [2.05, 4.69) is 0 Å². The van der Waals surface area contributed by atoms with Crippen LogP contribution in [0.2, 0.25) is 0 Å². The summed E-state index contributed by atoms with van der Waals surface area (Å²) in [5.41, 5.74) is 1.16. The lowest BCUT2D eigenvalue weighted by Gasteiger charge is -2.32. The molecule has 1 aliphatic heterocycles. The monoisotopic (exact) mass is 352 g/mol. The lowest BCUT2D eigenvalue weighted by atomic mass is 10.1. The molecule has 1 unspecified atom stereocenters. The summed E-state index contributed by atoms with van der Waals surface area (Å²) in [5, 5.41) is 10.8. The highest BCUT2D eigenvalue weighted by molar-refractivity contribution is 6.23. The maximum Gasteiger partial charge on any atom is 0.274 e. The van der Waals surface area contributed by atoms with Crippen LogP contribution in [0, 0.1) is 10.1 Å². The largest absolute Gasteiger partial charge is 0.478 e. The Balaban J connectivity index is 2.06. The molecule has 7 nitrogen and oxygen atoms in total. The maximum absolute atomic E-state index is 12.9. The van der Waals surface area contributed by atoms with Crippen LogP contribution in [0.4, 0.5) is 11.4 Å². The van der Waals surface area contributed by atoms with Crippen molar-refractivity contribution in [3.8, 4) is 5.75 Å². The van der Waals surface area contributed by atoms with Crippen LogP contribution in [0.1, 0.15) is 29.8 Å². The predicted octanol–water partition coefficient (Wildman–Crippen LogP) is 3.58. The Kier molecular flexibility index (Phi) is 4.53. The van der Waals surface area contributed by atoms with Gasteiger partial charge < -0.3 is 4.74 Å². The minimum Gasteiger partial charge on any atom is -0.478 e. The Hall–Kier alpha value is -3.48. The van der Waals surface area contributed by atoms with Crippen LogP contribution in [0.5, 0.6) is 5.75 Å². The van der Waals surface area contributed by atoms with E-state index in [-0.39, 0.29) is 11.3 Å². The lowest BCUT2D eigenvalue weighted by Crippen LogP contribution is -2.47. The Morgan fingerprint density at radius 3 is 2.54 bits per heavy atom. The fourth-order valence-electron chi connectivity index (χ4n) is 2.75. The van der Waals surface area contributed by atoms with Gasteiger partial charge in [0.1, 0.15) is 0 Å². The molecule has 0 fully saturated rings. The van der Waals surface area contributed by atoms with Crippen LogP contribution in [-0.2, 0) is 4.79 Å². The number of imide groups is 1. The first-order chi connectivity index (χ1) is 12.4. The number of nitro groups is 1. The van der Waals surface area contributed by atoms with Crippen molar-refractivity contribution in [1.82, 2.24) is 0 Å². The highest BCUT2D eigenvalue weighted by Gasteiger charge is 2.37. The minimum atomic E-state index is -0.823. The van der Waals surface area contributed by atoms with Gasteiger partial charge in [-0.2, -0.15) is 0 Å². The van der Waals surface area contributed by atoms with Crippen LogP contribution >= 0.6 is 0 Å². The van der Waals surface area contributed by atoms with Gasteiger partial charge in [0, 0.05) is 23.3 Å². The van der Waals surface area contributed by atoms with E-state index in [1.165, 1.54) is 24.3 Å². The number of benzene rings is 2. The van der Waals surface area contributed by atoms with E-state index in [9.17, 15) is 19.7 Å². The van der Waals surface area contributed by atoms with Gasteiger partial charge in [0.05, 0.1) is 10.6 Å². The number of rotatable bonds is 3. The summed E-state index contributed by atoms with van der Waals surface area (Å²) >= 11 is 0. The van der Waals surface area contributed by atoms with Crippen LogP contribution in [-0.4, -0.2) is 22.8 Å². The van der Waals surface area contributed by atoms with E-state index in [0.717, 1.165) is 10.5 Å². The van der Waals surface area contributed by atoms with Crippen molar-refractivity contribution in [2.24, 2.45) is 0 Å². The normalized spacial score (nSPS) is 16.3. The fourth-order valence-corrected chi connectivity index (χ4v) is 2.75. The van der Waals surface area contributed by atoms with E-state index in [1.807, 2.05) is 25.1 Å². The van der Waals surface area contributed by atoms with Crippen molar-refractivity contribution >= 4 is 29.3 Å². The van der Waals surface area contributed by atoms with Gasteiger partial charge in [-0.1, -0.05) is 24.3 Å². The minimum absolute atomic E-state index is 0.126. The molecule has 26 heavy (non-hydrogen) atoms. The molecule has 2 aromatic carbocycles. The molecule has 2 amide bonds. The van der Waals surface area contributed by atoms with Crippen LogP contribution in [0.3, 0.4) is 0 Å². The molecular weight excluding hydrogens is 336 g/mol. The third kappa shape index (κ3) is 2.95. The van der Waals surface area contributed by atoms with E-state index >= 15 is 0 Å². The van der Waals surface area contributed by atoms with Crippen LogP contribution < -0.4 is 9.64 Å². The first kappa shape index (κ1) is 17.3. The molecule has 132 valence electrons. The SMILES string of the molecule is C/C=C\c1cccc2c1OC(C)C(=O)N2C(=O)c1ccc([N+](=O)[O-])cc1. The van der Waals surface area contributed by atoms with Gasteiger partial charge in [-0.05, 0) is 32.0 Å². The lowest BCUT2D eigenvalue weighted by molar-refractivity contribution is -0.384. The fraction of sp³-hybridized carbons (Fsp3) is 0.158. The Labute approximate surface area is 149 Å². The number of nitro benzene ring substituents is 1. The Bertz CT molecular complexity index is 918. The number of anilines is 1. The number of carbonyl (C=O) groups is 2. The second-order valence-corrected chi connectivity index (χ2v) is 5.74. The Morgan fingerprint density at radius 2 is 1.92 bits per heavy atom. The summed E-state index contributed by atoms with van der Waals surface area (Å²) in [6.45, 7) is 3.43. The standard InChI is InChI=1S/C19H16N2O5/c1-3-5-13-6-4-7-16-17(13)26-12(2)18(22)20(16)19(23)14-8-10-15(11-9-14)21(24)25/h3-12H,1-2H3/b5-3-. The number of amides is 2. The molecule has 0 aliphatic carbocycles. The van der Waals surface area contributed by atoms with Crippen molar-refractivity contribution in [1.29, 1.82) is 0 Å². The molecule has 7 heteroatoms. The van der Waals surface area contributed by atoms with Crippen LogP contribution in [0.15, 0.2) is 48.5 Å². The molecule has 0 saturated carbocycles. The maximum atomic E-state index is 12.9. The number of nitrogens with zero attached hydrogens (tertiary/aromatic N) is 2. The summed E-state index contributed by atoms with van der Waals surface area (Å²) in [6, 6.07) is 10.3. The van der Waals surface area contributed by atoms with Gasteiger partial charge in [-0.15, -0.1) is 0 Å². The van der Waals surface area contributed by atoms with Gasteiger partial charge in [-0.25, -0.2) is 4.90 Å².